The minimum absolute atomic E-state index is 0.0515. The second-order valence-electron chi connectivity index (χ2n) is 7.41. The van der Waals surface area contributed by atoms with E-state index in [1.54, 1.807) is 22.4 Å². The van der Waals surface area contributed by atoms with Gasteiger partial charge in [0.25, 0.3) is 0 Å². The van der Waals surface area contributed by atoms with Crippen LogP contribution in [0.2, 0.25) is 0 Å². The Labute approximate surface area is 169 Å². The van der Waals surface area contributed by atoms with Crippen LogP contribution in [0.3, 0.4) is 0 Å². The summed E-state index contributed by atoms with van der Waals surface area (Å²) in [7, 11) is 1.62. The van der Waals surface area contributed by atoms with Crippen LogP contribution < -0.4 is 5.69 Å². The van der Waals surface area contributed by atoms with Gasteiger partial charge in [-0.25, -0.2) is 9.78 Å². The number of hydrogen-bond donors (Lipinski definition) is 0. The SMILES string of the molecule is COCCn1c(=O)n([C@@H]2CCN(C(=O)CCc3ccccc3)C2)c2ncccc21. The molecule has 0 radical (unpaired) electrons. The van der Waals surface area contributed by atoms with Crippen LogP contribution in [0.25, 0.3) is 11.2 Å². The molecule has 3 aromatic rings. The molecule has 152 valence electrons. The van der Waals surface area contributed by atoms with Crippen molar-refractivity contribution in [2.45, 2.75) is 31.8 Å². The molecule has 2 aromatic heterocycles. The second kappa shape index (κ2) is 8.61. The van der Waals surface area contributed by atoms with Gasteiger partial charge >= 0.3 is 5.69 Å². The zero-order valence-electron chi connectivity index (χ0n) is 16.7. The average Bonchev–Trinajstić information content (AvgIpc) is 3.33. The Bertz CT molecular complexity index is 1040. The Kier molecular flexibility index (Phi) is 5.76. The smallest absolute Gasteiger partial charge is 0.330 e. The molecule has 1 aliphatic rings. The fourth-order valence-electron chi connectivity index (χ4n) is 4.07. The van der Waals surface area contributed by atoms with Crippen molar-refractivity contribution in [1.29, 1.82) is 0 Å². The number of nitrogens with zero attached hydrogens (tertiary/aromatic N) is 4. The van der Waals surface area contributed by atoms with Crippen LogP contribution in [-0.2, 0) is 22.5 Å². The maximum Gasteiger partial charge on any atom is 0.330 e. The number of likely N-dealkylation sites (tertiary alicyclic amines) is 1. The fraction of sp³-hybridized carbons (Fsp3) is 0.409. The highest BCUT2D eigenvalue weighted by atomic mass is 16.5. The van der Waals surface area contributed by atoms with Crippen molar-refractivity contribution >= 4 is 17.1 Å². The molecule has 0 saturated carbocycles. The quantitative estimate of drug-likeness (QED) is 0.616. The molecule has 0 aliphatic carbocycles. The maximum atomic E-state index is 13.1. The molecular formula is C22H26N4O3. The predicted molar refractivity (Wildman–Crippen MR) is 111 cm³/mol. The van der Waals surface area contributed by atoms with Gasteiger partial charge < -0.3 is 9.64 Å². The summed E-state index contributed by atoms with van der Waals surface area (Å²) in [5.41, 5.74) is 2.57. The van der Waals surface area contributed by atoms with Crippen LogP contribution in [0.1, 0.15) is 24.4 Å². The van der Waals surface area contributed by atoms with Crippen LogP contribution in [0.15, 0.2) is 53.5 Å². The molecule has 0 unspecified atom stereocenters. The van der Waals surface area contributed by atoms with Gasteiger partial charge in [-0.1, -0.05) is 30.3 Å². The molecule has 29 heavy (non-hydrogen) atoms. The summed E-state index contributed by atoms with van der Waals surface area (Å²) in [4.78, 5) is 32.1. The van der Waals surface area contributed by atoms with Crippen LogP contribution in [0.4, 0.5) is 0 Å². The summed E-state index contributed by atoms with van der Waals surface area (Å²) in [6.45, 7) is 2.16. The number of fused-ring (bicyclic) bond motifs is 1. The van der Waals surface area contributed by atoms with Crippen LogP contribution in [0.5, 0.6) is 0 Å². The first-order valence-electron chi connectivity index (χ1n) is 10.1. The van der Waals surface area contributed by atoms with Crippen molar-refractivity contribution in [3.05, 3.63) is 64.7 Å². The second-order valence-corrected chi connectivity index (χ2v) is 7.41. The molecule has 1 saturated heterocycles. The van der Waals surface area contributed by atoms with E-state index in [2.05, 4.69) is 4.98 Å². The van der Waals surface area contributed by atoms with E-state index in [4.69, 9.17) is 4.74 Å². The van der Waals surface area contributed by atoms with Crippen LogP contribution >= 0.6 is 0 Å². The molecule has 0 N–H and O–H groups in total. The number of carbonyl (C=O) groups is 1. The first-order valence-corrected chi connectivity index (χ1v) is 10.1. The Balaban J connectivity index is 1.50. The van der Waals surface area contributed by atoms with Crippen molar-refractivity contribution in [2.24, 2.45) is 0 Å². The largest absolute Gasteiger partial charge is 0.383 e. The van der Waals surface area contributed by atoms with Gasteiger partial charge in [0, 0.05) is 32.8 Å². The summed E-state index contributed by atoms with van der Waals surface area (Å²) in [6.07, 6.45) is 3.69. The van der Waals surface area contributed by atoms with Crippen LogP contribution in [-0.4, -0.2) is 51.7 Å². The number of ether oxygens (including phenoxy) is 1. The highest BCUT2D eigenvalue weighted by Crippen LogP contribution is 2.25. The van der Waals surface area contributed by atoms with Gasteiger partial charge in [0.1, 0.15) is 0 Å². The number of aromatic nitrogens is 3. The maximum absolute atomic E-state index is 13.1. The van der Waals surface area contributed by atoms with E-state index < -0.39 is 0 Å². The Morgan fingerprint density at radius 3 is 2.83 bits per heavy atom. The molecule has 3 heterocycles. The number of carbonyl (C=O) groups excluding carboxylic acids is 1. The third-order valence-corrected chi connectivity index (χ3v) is 5.59. The van der Waals surface area contributed by atoms with Crippen molar-refractivity contribution in [3.8, 4) is 0 Å². The van der Waals surface area contributed by atoms with E-state index >= 15 is 0 Å². The van der Waals surface area contributed by atoms with Crippen molar-refractivity contribution in [1.82, 2.24) is 19.0 Å². The Morgan fingerprint density at radius 2 is 2.03 bits per heavy atom. The first kappa shape index (κ1) is 19.4. The summed E-state index contributed by atoms with van der Waals surface area (Å²) in [5.74, 6) is 0.139. The lowest BCUT2D eigenvalue weighted by Gasteiger charge is -2.17. The molecule has 1 aliphatic heterocycles. The standard InChI is InChI=1S/C22H26N4O3/c1-29-15-14-25-19-8-5-12-23-21(19)26(22(25)28)18-11-13-24(16-18)20(27)10-9-17-6-3-2-4-7-17/h2-8,12,18H,9-11,13-16H2,1H3/t18-/m1/s1. The van der Waals surface area contributed by atoms with E-state index in [0.717, 1.165) is 18.4 Å². The molecular weight excluding hydrogens is 368 g/mol. The fourth-order valence-corrected chi connectivity index (χ4v) is 4.07. The number of hydrogen-bond acceptors (Lipinski definition) is 4. The van der Waals surface area contributed by atoms with Gasteiger partial charge in [0.05, 0.1) is 24.7 Å². The number of amides is 1. The molecule has 0 bridgehead atoms. The normalized spacial score (nSPS) is 16.6. The van der Waals surface area contributed by atoms with Crippen molar-refractivity contribution < 1.29 is 9.53 Å². The zero-order valence-corrected chi connectivity index (χ0v) is 16.7. The van der Waals surface area contributed by atoms with E-state index in [1.807, 2.05) is 47.4 Å². The third kappa shape index (κ3) is 3.96. The predicted octanol–water partition coefficient (Wildman–Crippen LogP) is 2.25. The zero-order chi connectivity index (χ0) is 20.2. The van der Waals surface area contributed by atoms with Gasteiger partial charge in [-0.05, 0) is 30.5 Å². The van der Waals surface area contributed by atoms with Gasteiger partial charge in [-0.3, -0.25) is 13.9 Å². The Morgan fingerprint density at radius 1 is 1.21 bits per heavy atom. The lowest BCUT2D eigenvalue weighted by molar-refractivity contribution is -0.130. The monoisotopic (exact) mass is 394 g/mol. The lowest BCUT2D eigenvalue weighted by atomic mass is 10.1. The molecule has 1 atom stereocenters. The minimum atomic E-state index is -0.0839. The number of rotatable bonds is 7. The topological polar surface area (TPSA) is 69.4 Å². The van der Waals surface area contributed by atoms with Gasteiger partial charge in [-0.15, -0.1) is 0 Å². The number of methoxy groups -OCH3 is 1. The van der Waals surface area contributed by atoms with E-state index in [-0.39, 0.29) is 17.6 Å². The summed E-state index contributed by atoms with van der Waals surface area (Å²) in [5, 5.41) is 0. The van der Waals surface area contributed by atoms with E-state index in [0.29, 0.717) is 38.3 Å². The first-order chi connectivity index (χ1) is 14.2. The summed E-state index contributed by atoms with van der Waals surface area (Å²) in [6, 6.07) is 13.7. The van der Waals surface area contributed by atoms with E-state index in [1.165, 1.54) is 5.56 Å². The molecule has 0 spiro atoms. The number of pyridine rings is 1. The summed E-state index contributed by atoms with van der Waals surface area (Å²) >= 11 is 0. The van der Waals surface area contributed by atoms with Crippen molar-refractivity contribution in [2.75, 3.05) is 26.8 Å². The highest BCUT2D eigenvalue weighted by Gasteiger charge is 2.30. The van der Waals surface area contributed by atoms with Gasteiger partial charge in [0.15, 0.2) is 5.65 Å². The molecule has 4 rings (SSSR count). The Hall–Kier alpha value is -2.93. The van der Waals surface area contributed by atoms with Crippen molar-refractivity contribution in [3.63, 3.8) is 0 Å². The number of imidazole rings is 1. The van der Waals surface area contributed by atoms with Gasteiger partial charge in [0.2, 0.25) is 5.91 Å². The summed E-state index contributed by atoms with van der Waals surface area (Å²) < 4.78 is 8.63. The molecule has 7 nitrogen and oxygen atoms in total. The van der Waals surface area contributed by atoms with E-state index in [9.17, 15) is 9.59 Å². The van der Waals surface area contributed by atoms with Gasteiger partial charge in [-0.2, -0.15) is 0 Å². The number of benzene rings is 1. The number of aryl methyl sites for hydroxylation is 1. The third-order valence-electron chi connectivity index (χ3n) is 5.59. The molecule has 1 amide bonds. The average molecular weight is 394 g/mol. The lowest BCUT2D eigenvalue weighted by Crippen LogP contribution is -2.32. The highest BCUT2D eigenvalue weighted by molar-refractivity contribution is 5.77. The minimum Gasteiger partial charge on any atom is -0.383 e. The molecule has 7 heteroatoms. The molecule has 1 fully saturated rings. The molecule has 1 aromatic carbocycles. The van der Waals surface area contributed by atoms with Crippen LogP contribution in [0, 0.1) is 0 Å².